The van der Waals surface area contributed by atoms with Gasteiger partial charge in [0.25, 0.3) is 0 Å². The maximum absolute atomic E-state index is 13.7. The average Bonchev–Trinajstić information content (AvgIpc) is 2.33. The molecular formula is C13H21FN2O. The molecule has 0 amide bonds. The van der Waals surface area contributed by atoms with E-state index in [1.807, 2.05) is 6.92 Å². The summed E-state index contributed by atoms with van der Waals surface area (Å²) >= 11 is 0. The van der Waals surface area contributed by atoms with Crippen LogP contribution in [-0.2, 0) is 11.3 Å². The first-order valence-electron chi connectivity index (χ1n) is 6.02. The van der Waals surface area contributed by atoms with Gasteiger partial charge in [0.15, 0.2) is 5.82 Å². The molecule has 1 aromatic carbocycles. The Morgan fingerprint density at radius 1 is 1.35 bits per heavy atom. The van der Waals surface area contributed by atoms with E-state index in [1.54, 1.807) is 18.2 Å². The molecule has 0 saturated heterocycles. The number of rotatable bonds is 7. The zero-order chi connectivity index (χ0) is 12.7. The fourth-order valence-corrected chi connectivity index (χ4v) is 1.65. The van der Waals surface area contributed by atoms with Crippen molar-refractivity contribution >= 4 is 5.69 Å². The van der Waals surface area contributed by atoms with Crippen LogP contribution in [0, 0.1) is 5.82 Å². The molecule has 0 heterocycles. The van der Waals surface area contributed by atoms with Gasteiger partial charge < -0.3 is 10.5 Å². The van der Waals surface area contributed by atoms with Gasteiger partial charge in [0.05, 0.1) is 12.3 Å². The second-order valence-electron chi connectivity index (χ2n) is 3.89. The number of hydrogen-bond acceptors (Lipinski definition) is 3. The summed E-state index contributed by atoms with van der Waals surface area (Å²) in [5.74, 6) is -0.303. The molecular weight excluding hydrogens is 219 g/mol. The van der Waals surface area contributed by atoms with Crippen LogP contribution < -0.4 is 5.73 Å². The number of nitrogen functional groups attached to an aromatic ring is 1. The third kappa shape index (κ3) is 4.32. The van der Waals surface area contributed by atoms with Crippen LogP contribution >= 0.6 is 0 Å². The van der Waals surface area contributed by atoms with Crippen molar-refractivity contribution in [3.05, 3.63) is 29.6 Å². The Labute approximate surface area is 102 Å². The summed E-state index contributed by atoms with van der Waals surface area (Å²) in [5, 5.41) is 0. The third-order valence-electron chi connectivity index (χ3n) is 2.71. The van der Waals surface area contributed by atoms with E-state index in [9.17, 15) is 4.39 Å². The lowest BCUT2D eigenvalue weighted by molar-refractivity contribution is 0.112. The number of ether oxygens (including phenoxy) is 1. The number of halogens is 1. The molecule has 0 aliphatic rings. The van der Waals surface area contributed by atoms with E-state index in [-0.39, 0.29) is 11.5 Å². The molecule has 0 fully saturated rings. The van der Waals surface area contributed by atoms with Gasteiger partial charge in [-0.15, -0.1) is 0 Å². The van der Waals surface area contributed by atoms with Gasteiger partial charge in [-0.1, -0.05) is 19.1 Å². The highest BCUT2D eigenvalue weighted by atomic mass is 19.1. The van der Waals surface area contributed by atoms with E-state index in [2.05, 4.69) is 11.8 Å². The Hall–Kier alpha value is -1.13. The SMILES string of the molecule is CCOCCN(CC)Cc1cccc(N)c1F. The summed E-state index contributed by atoms with van der Waals surface area (Å²) in [6.07, 6.45) is 0. The zero-order valence-corrected chi connectivity index (χ0v) is 10.6. The largest absolute Gasteiger partial charge is 0.396 e. The Morgan fingerprint density at radius 3 is 2.76 bits per heavy atom. The minimum absolute atomic E-state index is 0.211. The van der Waals surface area contributed by atoms with Gasteiger partial charge in [-0.05, 0) is 19.5 Å². The third-order valence-corrected chi connectivity index (χ3v) is 2.71. The molecule has 0 aromatic heterocycles. The Kier molecular flexibility index (Phi) is 5.94. The van der Waals surface area contributed by atoms with Crippen LogP contribution in [0.15, 0.2) is 18.2 Å². The molecule has 0 aliphatic heterocycles. The zero-order valence-electron chi connectivity index (χ0n) is 10.6. The fraction of sp³-hybridized carbons (Fsp3) is 0.538. The number of anilines is 1. The predicted molar refractivity (Wildman–Crippen MR) is 68.3 cm³/mol. The van der Waals surface area contributed by atoms with Gasteiger partial charge in [0.1, 0.15) is 0 Å². The number of nitrogens with zero attached hydrogens (tertiary/aromatic N) is 1. The minimum atomic E-state index is -0.303. The first kappa shape index (κ1) is 13.9. The molecule has 2 N–H and O–H groups in total. The molecule has 1 rings (SSSR count). The first-order chi connectivity index (χ1) is 8.19. The Morgan fingerprint density at radius 2 is 2.12 bits per heavy atom. The van der Waals surface area contributed by atoms with E-state index in [4.69, 9.17) is 10.5 Å². The second-order valence-corrected chi connectivity index (χ2v) is 3.89. The first-order valence-corrected chi connectivity index (χ1v) is 6.02. The van der Waals surface area contributed by atoms with Gasteiger partial charge in [-0.3, -0.25) is 4.90 Å². The van der Waals surface area contributed by atoms with Crippen LogP contribution in [0.3, 0.4) is 0 Å². The average molecular weight is 240 g/mol. The molecule has 0 atom stereocenters. The number of benzene rings is 1. The van der Waals surface area contributed by atoms with Crippen molar-refractivity contribution in [1.82, 2.24) is 4.90 Å². The molecule has 96 valence electrons. The van der Waals surface area contributed by atoms with Gasteiger partial charge in [-0.2, -0.15) is 0 Å². The van der Waals surface area contributed by atoms with Gasteiger partial charge in [-0.25, -0.2) is 4.39 Å². The van der Waals surface area contributed by atoms with Crippen molar-refractivity contribution < 1.29 is 9.13 Å². The van der Waals surface area contributed by atoms with Crippen LogP contribution in [0.4, 0.5) is 10.1 Å². The molecule has 0 unspecified atom stereocenters. The molecule has 0 saturated carbocycles. The quantitative estimate of drug-likeness (QED) is 0.587. The highest BCUT2D eigenvalue weighted by Gasteiger charge is 2.09. The van der Waals surface area contributed by atoms with Crippen molar-refractivity contribution in [3.8, 4) is 0 Å². The highest BCUT2D eigenvalue weighted by molar-refractivity contribution is 5.42. The van der Waals surface area contributed by atoms with Crippen LogP contribution in [0.25, 0.3) is 0 Å². The molecule has 1 aromatic rings. The van der Waals surface area contributed by atoms with E-state index in [0.717, 1.165) is 13.1 Å². The van der Waals surface area contributed by atoms with Crippen LogP contribution in [0.1, 0.15) is 19.4 Å². The maximum atomic E-state index is 13.7. The molecule has 0 spiro atoms. The summed E-state index contributed by atoms with van der Waals surface area (Å²) in [5.41, 5.74) is 6.39. The second kappa shape index (κ2) is 7.25. The van der Waals surface area contributed by atoms with Crippen molar-refractivity contribution in [2.75, 3.05) is 32.0 Å². The lowest BCUT2D eigenvalue weighted by Gasteiger charge is -2.20. The van der Waals surface area contributed by atoms with Crippen LogP contribution in [0.2, 0.25) is 0 Å². The van der Waals surface area contributed by atoms with E-state index >= 15 is 0 Å². The summed E-state index contributed by atoms with van der Waals surface area (Å²) < 4.78 is 19.0. The van der Waals surface area contributed by atoms with Gasteiger partial charge >= 0.3 is 0 Å². The Balaban J connectivity index is 2.57. The van der Waals surface area contributed by atoms with E-state index in [1.165, 1.54) is 0 Å². The van der Waals surface area contributed by atoms with E-state index < -0.39 is 0 Å². The van der Waals surface area contributed by atoms with Crippen molar-refractivity contribution in [1.29, 1.82) is 0 Å². The highest BCUT2D eigenvalue weighted by Crippen LogP contribution is 2.16. The predicted octanol–water partition coefficient (Wildman–Crippen LogP) is 2.27. The number of nitrogens with two attached hydrogens (primary N) is 1. The van der Waals surface area contributed by atoms with Crippen LogP contribution in [0.5, 0.6) is 0 Å². The summed E-state index contributed by atoms with van der Waals surface area (Å²) in [6.45, 7) is 7.64. The smallest absolute Gasteiger partial charge is 0.150 e. The lowest BCUT2D eigenvalue weighted by Crippen LogP contribution is -2.27. The lowest BCUT2D eigenvalue weighted by atomic mass is 10.1. The van der Waals surface area contributed by atoms with E-state index in [0.29, 0.717) is 25.3 Å². The monoisotopic (exact) mass is 240 g/mol. The number of likely N-dealkylation sites (N-methyl/N-ethyl adjacent to an activating group) is 1. The van der Waals surface area contributed by atoms with Crippen LogP contribution in [-0.4, -0.2) is 31.2 Å². The molecule has 4 heteroatoms. The summed E-state index contributed by atoms with van der Waals surface area (Å²) in [6, 6.07) is 5.13. The van der Waals surface area contributed by atoms with Gasteiger partial charge in [0.2, 0.25) is 0 Å². The van der Waals surface area contributed by atoms with Crippen molar-refractivity contribution in [3.63, 3.8) is 0 Å². The normalized spacial score (nSPS) is 11.1. The molecule has 3 nitrogen and oxygen atoms in total. The Bertz CT molecular complexity index is 344. The molecule has 0 aliphatic carbocycles. The summed E-state index contributed by atoms with van der Waals surface area (Å²) in [7, 11) is 0. The van der Waals surface area contributed by atoms with Gasteiger partial charge in [0, 0.05) is 25.3 Å². The standard InChI is InChI=1S/C13H21FN2O/c1-3-16(8-9-17-4-2)10-11-6-5-7-12(15)13(11)14/h5-7H,3-4,8-10,15H2,1-2H3. The van der Waals surface area contributed by atoms with Crippen molar-refractivity contribution in [2.45, 2.75) is 20.4 Å². The topological polar surface area (TPSA) is 38.5 Å². The minimum Gasteiger partial charge on any atom is -0.396 e. The van der Waals surface area contributed by atoms with Crippen molar-refractivity contribution in [2.24, 2.45) is 0 Å². The molecule has 0 radical (unpaired) electrons. The number of hydrogen-bond donors (Lipinski definition) is 1. The molecule has 0 bridgehead atoms. The molecule has 17 heavy (non-hydrogen) atoms. The fourth-order valence-electron chi connectivity index (χ4n) is 1.65. The summed E-state index contributed by atoms with van der Waals surface area (Å²) in [4.78, 5) is 2.13. The maximum Gasteiger partial charge on any atom is 0.150 e.